The average molecular weight is 374 g/mol. The van der Waals surface area contributed by atoms with E-state index < -0.39 is 12.0 Å². The summed E-state index contributed by atoms with van der Waals surface area (Å²) in [6.07, 6.45) is 3.51. The van der Waals surface area contributed by atoms with Crippen LogP contribution in [-0.2, 0) is 9.59 Å². The molecule has 0 saturated carbocycles. The molecule has 1 unspecified atom stereocenters. The van der Waals surface area contributed by atoms with Gasteiger partial charge in [0.1, 0.15) is 11.8 Å². The van der Waals surface area contributed by atoms with Crippen molar-refractivity contribution in [1.82, 2.24) is 9.80 Å². The Bertz CT molecular complexity index is 687. The first-order valence-corrected chi connectivity index (χ1v) is 9.80. The molecule has 2 aliphatic heterocycles. The van der Waals surface area contributed by atoms with Crippen LogP contribution in [0, 0.1) is 19.8 Å². The highest BCUT2D eigenvalue weighted by Gasteiger charge is 2.33. The van der Waals surface area contributed by atoms with E-state index in [0.717, 1.165) is 67.9 Å². The zero-order valence-electron chi connectivity index (χ0n) is 16.5. The molecule has 6 nitrogen and oxygen atoms in total. The van der Waals surface area contributed by atoms with Crippen molar-refractivity contribution < 1.29 is 19.4 Å². The maximum Gasteiger partial charge on any atom is 0.325 e. The third-order valence-electron chi connectivity index (χ3n) is 5.90. The van der Waals surface area contributed by atoms with Crippen LogP contribution in [0.1, 0.15) is 48.4 Å². The van der Waals surface area contributed by atoms with Crippen LogP contribution in [0.4, 0.5) is 0 Å². The molecule has 148 valence electrons. The smallest absolute Gasteiger partial charge is 0.325 e. The van der Waals surface area contributed by atoms with Crippen LogP contribution in [0.25, 0.3) is 0 Å². The zero-order valence-corrected chi connectivity index (χ0v) is 16.5. The molecule has 2 heterocycles. The molecule has 1 N–H and O–H groups in total. The molecule has 0 aromatic heterocycles. The first kappa shape index (κ1) is 19.7. The van der Waals surface area contributed by atoms with Crippen LogP contribution < -0.4 is 4.74 Å². The summed E-state index contributed by atoms with van der Waals surface area (Å²) in [5.41, 5.74) is 2.73. The van der Waals surface area contributed by atoms with Crippen LogP contribution in [0.15, 0.2) is 12.1 Å². The van der Waals surface area contributed by atoms with Gasteiger partial charge in [-0.15, -0.1) is 0 Å². The van der Waals surface area contributed by atoms with Crippen LogP contribution in [-0.4, -0.2) is 60.1 Å². The highest BCUT2D eigenvalue weighted by molar-refractivity contribution is 5.78. The van der Waals surface area contributed by atoms with Crippen LogP contribution >= 0.6 is 0 Å². The predicted octanol–water partition coefficient (Wildman–Crippen LogP) is 2.77. The van der Waals surface area contributed by atoms with Crippen molar-refractivity contribution in [2.75, 3.05) is 33.3 Å². The van der Waals surface area contributed by atoms with Gasteiger partial charge in [0, 0.05) is 19.5 Å². The average Bonchev–Trinajstić information content (AvgIpc) is 3.01. The number of carboxylic acid groups (broad SMARTS) is 1. The number of nitrogens with zero attached hydrogens (tertiary/aromatic N) is 2. The van der Waals surface area contributed by atoms with Gasteiger partial charge in [0.05, 0.1) is 7.11 Å². The Kier molecular flexibility index (Phi) is 6.05. The number of ether oxygens (including phenoxy) is 1. The fraction of sp³-hybridized carbons (Fsp3) is 0.619. The topological polar surface area (TPSA) is 70.1 Å². The summed E-state index contributed by atoms with van der Waals surface area (Å²) >= 11 is 0. The van der Waals surface area contributed by atoms with E-state index in [2.05, 4.69) is 4.90 Å². The Morgan fingerprint density at radius 1 is 1.22 bits per heavy atom. The third-order valence-corrected chi connectivity index (χ3v) is 5.90. The van der Waals surface area contributed by atoms with E-state index in [1.807, 2.05) is 30.9 Å². The molecule has 2 saturated heterocycles. The molecule has 2 aliphatic rings. The summed E-state index contributed by atoms with van der Waals surface area (Å²) in [6.45, 7) is 7.09. The van der Waals surface area contributed by atoms with E-state index in [0.29, 0.717) is 12.3 Å². The first-order chi connectivity index (χ1) is 12.9. The molecule has 1 aromatic rings. The number of amides is 1. The van der Waals surface area contributed by atoms with Crippen molar-refractivity contribution in [2.24, 2.45) is 5.92 Å². The molecule has 6 heteroatoms. The monoisotopic (exact) mass is 374 g/mol. The number of carboxylic acids is 1. The molecular weight excluding hydrogens is 344 g/mol. The summed E-state index contributed by atoms with van der Waals surface area (Å²) in [6, 6.07) is 3.22. The lowest BCUT2D eigenvalue weighted by Crippen LogP contribution is -2.43. The number of methoxy groups -OCH3 is 1. The maximum atomic E-state index is 12.1. The van der Waals surface area contributed by atoms with Gasteiger partial charge in [-0.05, 0) is 68.8 Å². The van der Waals surface area contributed by atoms with E-state index >= 15 is 0 Å². The van der Waals surface area contributed by atoms with E-state index in [4.69, 9.17) is 4.74 Å². The SMILES string of the molecule is COc1c(C)cc(C(C(=O)O)N2CCC(CN3CCCC3=O)CC2)cc1C. The second-order valence-electron chi connectivity index (χ2n) is 7.85. The maximum absolute atomic E-state index is 12.1. The molecular formula is C21H30N2O4. The minimum Gasteiger partial charge on any atom is -0.496 e. The van der Waals surface area contributed by atoms with Gasteiger partial charge in [-0.1, -0.05) is 12.1 Å². The molecule has 27 heavy (non-hydrogen) atoms. The third kappa shape index (κ3) is 4.26. The molecule has 3 rings (SSSR count). The Hall–Kier alpha value is -2.08. The van der Waals surface area contributed by atoms with Gasteiger partial charge in [-0.3, -0.25) is 14.5 Å². The minimum absolute atomic E-state index is 0.269. The number of hydrogen-bond acceptors (Lipinski definition) is 4. The lowest BCUT2D eigenvalue weighted by atomic mass is 9.92. The number of piperidine rings is 1. The largest absolute Gasteiger partial charge is 0.496 e. The van der Waals surface area contributed by atoms with Crippen molar-refractivity contribution in [3.63, 3.8) is 0 Å². The number of aliphatic carboxylic acids is 1. The summed E-state index contributed by atoms with van der Waals surface area (Å²) in [5, 5.41) is 9.89. The highest BCUT2D eigenvalue weighted by atomic mass is 16.5. The van der Waals surface area contributed by atoms with Crippen molar-refractivity contribution in [3.8, 4) is 5.75 Å². The van der Waals surface area contributed by atoms with Crippen molar-refractivity contribution >= 4 is 11.9 Å². The number of carbonyl (C=O) groups excluding carboxylic acids is 1. The number of likely N-dealkylation sites (tertiary alicyclic amines) is 2. The van der Waals surface area contributed by atoms with Crippen molar-refractivity contribution in [3.05, 3.63) is 28.8 Å². The van der Waals surface area contributed by atoms with Crippen LogP contribution in [0.2, 0.25) is 0 Å². The predicted molar refractivity (Wildman–Crippen MR) is 103 cm³/mol. The summed E-state index contributed by atoms with van der Waals surface area (Å²) in [4.78, 5) is 27.9. The minimum atomic E-state index is -0.813. The van der Waals surface area contributed by atoms with Crippen LogP contribution in [0.5, 0.6) is 5.75 Å². The quantitative estimate of drug-likeness (QED) is 0.829. The molecule has 1 amide bonds. The first-order valence-electron chi connectivity index (χ1n) is 9.80. The number of hydrogen-bond donors (Lipinski definition) is 1. The zero-order chi connectivity index (χ0) is 19.6. The molecule has 2 fully saturated rings. The van der Waals surface area contributed by atoms with E-state index in [1.165, 1.54) is 0 Å². The van der Waals surface area contributed by atoms with E-state index in [9.17, 15) is 14.7 Å². The molecule has 0 spiro atoms. The number of benzene rings is 1. The second kappa shape index (κ2) is 8.30. The lowest BCUT2D eigenvalue weighted by Gasteiger charge is -2.37. The lowest BCUT2D eigenvalue weighted by molar-refractivity contribution is -0.144. The normalized spacial score (nSPS) is 20.1. The number of rotatable bonds is 6. The van der Waals surface area contributed by atoms with E-state index in [1.54, 1.807) is 7.11 Å². The number of aryl methyl sites for hydroxylation is 2. The van der Waals surface area contributed by atoms with Gasteiger partial charge in [-0.2, -0.15) is 0 Å². The van der Waals surface area contributed by atoms with Gasteiger partial charge in [0.2, 0.25) is 5.91 Å². The van der Waals surface area contributed by atoms with Gasteiger partial charge < -0.3 is 14.7 Å². The van der Waals surface area contributed by atoms with E-state index in [-0.39, 0.29) is 5.91 Å². The molecule has 0 radical (unpaired) electrons. The van der Waals surface area contributed by atoms with Crippen molar-refractivity contribution in [2.45, 2.75) is 45.6 Å². The van der Waals surface area contributed by atoms with Gasteiger partial charge in [-0.25, -0.2) is 0 Å². The fourth-order valence-electron chi connectivity index (χ4n) is 4.58. The second-order valence-corrected chi connectivity index (χ2v) is 7.85. The molecule has 1 aromatic carbocycles. The Labute approximate surface area is 161 Å². The molecule has 1 atom stereocenters. The Morgan fingerprint density at radius 3 is 2.33 bits per heavy atom. The molecule has 0 aliphatic carbocycles. The summed E-state index contributed by atoms with van der Waals surface area (Å²) in [7, 11) is 1.64. The molecule has 0 bridgehead atoms. The van der Waals surface area contributed by atoms with Crippen LogP contribution in [0.3, 0.4) is 0 Å². The summed E-state index contributed by atoms with van der Waals surface area (Å²) < 4.78 is 5.41. The van der Waals surface area contributed by atoms with Gasteiger partial charge >= 0.3 is 5.97 Å². The Morgan fingerprint density at radius 2 is 1.85 bits per heavy atom. The standard InChI is InChI=1S/C21H30N2O4/c1-14-11-17(12-15(2)20(14)27-3)19(21(25)26)22-9-6-16(7-10-22)13-23-8-4-5-18(23)24/h11-12,16,19H,4-10,13H2,1-3H3,(H,25,26). The highest BCUT2D eigenvalue weighted by Crippen LogP contribution is 2.32. The number of carbonyl (C=O) groups is 2. The van der Waals surface area contributed by atoms with Crippen molar-refractivity contribution in [1.29, 1.82) is 0 Å². The van der Waals surface area contributed by atoms with Gasteiger partial charge in [0.15, 0.2) is 0 Å². The van der Waals surface area contributed by atoms with Gasteiger partial charge in [0.25, 0.3) is 0 Å². The fourth-order valence-corrected chi connectivity index (χ4v) is 4.58. The Balaban J connectivity index is 1.68. The summed E-state index contributed by atoms with van der Waals surface area (Å²) in [5.74, 6) is 0.742.